The van der Waals surface area contributed by atoms with Crippen molar-refractivity contribution in [3.8, 4) is 0 Å². The van der Waals surface area contributed by atoms with Gasteiger partial charge >= 0.3 is 6.18 Å². The Morgan fingerprint density at radius 3 is 2.68 bits per heavy atom. The summed E-state index contributed by atoms with van der Waals surface area (Å²) in [6, 6.07) is 1.96. The number of hydrogen-bond acceptors (Lipinski definition) is 2. The van der Waals surface area contributed by atoms with Gasteiger partial charge in [0.1, 0.15) is 5.82 Å². The van der Waals surface area contributed by atoms with Crippen LogP contribution >= 0.6 is 0 Å². The standard InChI is InChI=1S/C12H11F4NO2/c13-10-2-1-7(5-9(10)12(14,15)16)11(18)17-8-3-4-19-6-8/h1-2,5,8H,3-4,6H2,(H,17,18). The molecule has 0 aromatic heterocycles. The van der Waals surface area contributed by atoms with Gasteiger partial charge in [0.05, 0.1) is 18.2 Å². The van der Waals surface area contributed by atoms with Gasteiger partial charge in [0, 0.05) is 12.2 Å². The molecule has 1 fully saturated rings. The Hall–Kier alpha value is -1.63. The summed E-state index contributed by atoms with van der Waals surface area (Å²) >= 11 is 0. The van der Waals surface area contributed by atoms with Crippen LogP contribution in [0.3, 0.4) is 0 Å². The van der Waals surface area contributed by atoms with Crippen LogP contribution in [0.2, 0.25) is 0 Å². The Balaban J connectivity index is 2.18. The van der Waals surface area contributed by atoms with Crippen LogP contribution < -0.4 is 5.32 Å². The lowest BCUT2D eigenvalue weighted by Crippen LogP contribution is -2.35. The number of alkyl halides is 3. The molecule has 1 aromatic carbocycles. The Labute approximate surface area is 106 Å². The summed E-state index contributed by atoms with van der Waals surface area (Å²) in [5.41, 5.74) is -1.66. The lowest BCUT2D eigenvalue weighted by atomic mass is 10.1. The Morgan fingerprint density at radius 2 is 2.11 bits per heavy atom. The lowest BCUT2D eigenvalue weighted by Gasteiger charge is -2.13. The number of benzene rings is 1. The van der Waals surface area contributed by atoms with Gasteiger partial charge in [0.15, 0.2) is 0 Å². The summed E-state index contributed by atoms with van der Waals surface area (Å²) in [5, 5.41) is 2.54. The Morgan fingerprint density at radius 1 is 1.37 bits per heavy atom. The van der Waals surface area contributed by atoms with E-state index in [1.165, 1.54) is 0 Å². The second-order valence-corrected chi connectivity index (χ2v) is 4.23. The molecule has 1 aromatic rings. The molecule has 0 bridgehead atoms. The van der Waals surface area contributed by atoms with E-state index in [-0.39, 0.29) is 11.6 Å². The fraction of sp³-hybridized carbons (Fsp3) is 0.417. The molecule has 1 unspecified atom stereocenters. The molecule has 1 heterocycles. The van der Waals surface area contributed by atoms with Crippen LogP contribution in [0, 0.1) is 5.82 Å². The van der Waals surface area contributed by atoms with Gasteiger partial charge in [-0.3, -0.25) is 4.79 Å². The maximum Gasteiger partial charge on any atom is 0.419 e. The summed E-state index contributed by atoms with van der Waals surface area (Å²) in [6.45, 7) is 0.835. The molecule has 1 saturated heterocycles. The molecule has 1 aliphatic heterocycles. The van der Waals surface area contributed by atoms with E-state index in [1.54, 1.807) is 0 Å². The van der Waals surface area contributed by atoms with E-state index in [4.69, 9.17) is 4.74 Å². The minimum Gasteiger partial charge on any atom is -0.379 e. The average molecular weight is 277 g/mol. The highest BCUT2D eigenvalue weighted by molar-refractivity contribution is 5.94. The minimum atomic E-state index is -4.82. The van der Waals surface area contributed by atoms with E-state index in [2.05, 4.69) is 5.32 Å². The number of nitrogens with one attached hydrogen (secondary N) is 1. The Kier molecular flexibility index (Phi) is 3.75. The van der Waals surface area contributed by atoms with Gasteiger partial charge < -0.3 is 10.1 Å². The van der Waals surface area contributed by atoms with Crippen LogP contribution in [-0.4, -0.2) is 25.2 Å². The van der Waals surface area contributed by atoms with Gasteiger partial charge in [0.2, 0.25) is 0 Å². The van der Waals surface area contributed by atoms with Crippen molar-refractivity contribution in [2.75, 3.05) is 13.2 Å². The Bertz CT molecular complexity index is 481. The minimum absolute atomic E-state index is 0.216. The van der Waals surface area contributed by atoms with Crippen LogP contribution in [0.25, 0.3) is 0 Å². The zero-order valence-electron chi connectivity index (χ0n) is 9.76. The fourth-order valence-corrected chi connectivity index (χ4v) is 1.80. The third-order valence-corrected chi connectivity index (χ3v) is 2.80. The molecular weight excluding hydrogens is 266 g/mol. The first-order chi connectivity index (χ1) is 8.88. The number of carbonyl (C=O) groups excluding carboxylic acids is 1. The summed E-state index contributed by atoms with van der Waals surface area (Å²) in [7, 11) is 0. The van der Waals surface area contributed by atoms with Gasteiger partial charge in [-0.2, -0.15) is 13.2 Å². The first-order valence-corrected chi connectivity index (χ1v) is 5.63. The van der Waals surface area contributed by atoms with E-state index in [0.717, 1.165) is 6.07 Å². The van der Waals surface area contributed by atoms with E-state index in [1.807, 2.05) is 0 Å². The summed E-state index contributed by atoms with van der Waals surface area (Å²) in [5.74, 6) is -2.06. The monoisotopic (exact) mass is 277 g/mol. The smallest absolute Gasteiger partial charge is 0.379 e. The van der Waals surface area contributed by atoms with Crippen LogP contribution in [0.4, 0.5) is 17.6 Å². The molecule has 0 saturated carbocycles. The van der Waals surface area contributed by atoms with Crippen molar-refractivity contribution in [1.82, 2.24) is 5.32 Å². The van der Waals surface area contributed by atoms with Crippen molar-refractivity contribution in [2.24, 2.45) is 0 Å². The van der Waals surface area contributed by atoms with Gasteiger partial charge in [0.25, 0.3) is 5.91 Å². The first kappa shape index (κ1) is 13.8. The molecule has 1 atom stereocenters. The highest BCUT2D eigenvalue weighted by Crippen LogP contribution is 2.31. The van der Waals surface area contributed by atoms with Crippen molar-refractivity contribution >= 4 is 5.91 Å². The second kappa shape index (κ2) is 5.16. The van der Waals surface area contributed by atoms with E-state index >= 15 is 0 Å². The fourth-order valence-electron chi connectivity index (χ4n) is 1.80. The van der Waals surface area contributed by atoms with Crippen molar-refractivity contribution in [1.29, 1.82) is 0 Å². The number of ether oxygens (including phenoxy) is 1. The normalized spacial score (nSPS) is 19.5. The van der Waals surface area contributed by atoms with Crippen LogP contribution in [0.1, 0.15) is 22.3 Å². The quantitative estimate of drug-likeness (QED) is 0.843. The van der Waals surface area contributed by atoms with Crippen LogP contribution in [0.5, 0.6) is 0 Å². The lowest BCUT2D eigenvalue weighted by molar-refractivity contribution is -0.140. The SMILES string of the molecule is O=C(NC1CCOC1)c1ccc(F)c(C(F)(F)F)c1. The van der Waals surface area contributed by atoms with Crippen molar-refractivity contribution in [2.45, 2.75) is 18.6 Å². The second-order valence-electron chi connectivity index (χ2n) is 4.23. The largest absolute Gasteiger partial charge is 0.419 e. The molecule has 1 N–H and O–H groups in total. The molecule has 19 heavy (non-hydrogen) atoms. The zero-order valence-corrected chi connectivity index (χ0v) is 9.76. The zero-order chi connectivity index (χ0) is 14.0. The predicted octanol–water partition coefficient (Wildman–Crippen LogP) is 2.36. The first-order valence-electron chi connectivity index (χ1n) is 5.63. The van der Waals surface area contributed by atoms with Gasteiger partial charge in [-0.05, 0) is 24.6 Å². The average Bonchev–Trinajstić information content (AvgIpc) is 2.80. The highest BCUT2D eigenvalue weighted by Gasteiger charge is 2.34. The third-order valence-electron chi connectivity index (χ3n) is 2.80. The van der Waals surface area contributed by atoms with E-state index < -0.39 is 23.5 Å². The van der Waals surface area contributed by atoms with Crippen LogP contribution in [0.15, 0.2) is 18.2 Å². The number of hydrogen-bond donors (Lipinski definition) is 1. The van der Waals surface area contributed by atoms with Crippen molar-refractivity contribution in [3.63, 3.8) is 0 Å². The number of halogens is 4. The summed E-state index contributed by atoms with van der Waals surface area (Å²) < 4.78 is 55.6. The molecule has 3 nitrogen and oxygen atoms in total. The summed E-state index contributed by atoms with van der Waals surface area (Å²) in [4.78, 5) is 11.7. The molecule has 2 rings (SSSR count). The highest BCUT2D eigenvalue weighted by atomic mass is 19.4. The predicted molar refractivity (Wildman–Crippen MR) is 58.1 cm³/mol. The number of amides is 1. The van der Waals surface area contributed by atoms with E-state index in [0.29, 0.717) is 31.8 Å². The van der Waals surface area contributed by atoms with E-state index in [9.17, 15) is 22.4 Å². The number of carbonyl (C=O) groups is 1. The molecule has 7 heteroatoms. The number of rotatable bonds is 2. The summed E-state index contributed by atoms with van der Waals surface area (Å²) in [6.07, 6.45) is -4.21. The molecular formula is C12H11F4NO2. The molecule has 0 aliphatic carbocycles. The van der Waals surface area contributed by atoms with Crippen molar-refractivity contribution in [3.05, 3.63) is 35.1 Å². The van der Waals surface area contributed by atoms with Gasteiger partial charge in [-0.1, -0.05) is 0 Å². The molecule has 1 aliphatic rings. The molecule has 1 amide bonds. The molecule has 0 radical (unpaired) electrons. The maximum absolute atomic E-state index is 13.1. The van der Waals surface area contributed by atoms with Gasteiger partial charge in [-0.15, -0.1) is 0 Å². The molecule has 0 spiro atoms. The third kappa shape index (κ3) is 3.23. The van der Waals surface area contributed by atoms with Crippen molar-refractivity contribution < 1.29 is 27.1 Å². The maximum atomic E-state index is 13.1. The molecule has 104 valence electrons. The topological polar surface area (TPSA) is 38.3 Å². The van der Waals surface area contributed by atoms with Crippen LogP contribution in [-0.2, 0) is 10.9 Å². The van der Waals surface area contributed by atoms with Gasteiger partial charge in [-0.25, -0.2) is 4.39 Å².